The summed E-state index contributed by atoms with van der Waals surface area (Å²) >= 11 is 0. The van der Waals surface area contributed by atoms with Crippen LogP contribution < -0.4 is 0 Å². The van der Waals surface area contributed by atoms with Crippen LogP contribution in [0.1, 0.15) is 6.92 Å². The molecule has 0 aliphatic carbocycles. The number of hydrogen-bond acceptors (Lipinski definition) is 1. The molecule has 0 unspecified atom stereocenters. The second-order valence-corrected chi connectivity index (χ2v) is 0.433. The summed E-state index contributed by atoms with van der Waals surface area (Å²) in [4.78, 5) is 0. The molecule has 5 heavy (non-hydrogen) atoms. The van der Waals surface area contributed by atoms with Gasteiger partial charge in [-0.15, -0.1) is 12.4 Å². The lowest BCUT2D eigenvalue weighted by molar-refractivity contribution is 1.58. The van der Waals surface area contributed by atoms with Gasteiger partial charge in [0, 0.05) is 0 Å². The molecular formula is C3H6ClN. The van der Waals surface area contributed by atoms with Gasteiger partial charge in [0.15, 0.2) is 0 Å². The molecule has 1 N–H and O–H groups in total. The van der Waals surface area contributed by atoms with Crippen molar-refractivity contribution in [1.29, 1.82) is 5.41 Å². The predicted molar refractivity (Wildman–Crippen MR) is 25.2 cm³/mol. The molecule has 0 aromatic rings. The number of halogens is 1. The van der Waals surface area contributed by atoms with Crippen molar-refractivity contribution >= 4 is 18.3 Å². The van der Waals surface area contributed by atoms with Crippen LogP contribution in [-0.4, -0.2) is 5.87 Å². The van der Waals surface area contributed by atoms with Crippen LogP contribution in [0.4, 0.5) is 0 Å². The van der Waals surface area contributed by atoms with Crippen LogP contribution in [0.3, 0.4) is 0 Å². The van der Waals surface area contributed by atoms with Gasteiger partial charge in [0.1, 0.15) is 0 Å². The van der Waals surface area contributed by atoms with Crippen LogP contribution in [0, 0.1) is 5.41 Å². The third kappa shape index (κ3) is 20.7. The zero-order valence-electron chi connectivity index (χ0n) is 2.99. The summed E-state index contributed by atoms with van der Waals surface area (Å²) in [5.41, 5.74) is 0. The number of rotatable bonds is 0. The fourth-order valence-electron chi connectivity index (χ4n) is 0. The predicted octanol–water partition coefficient (Wildman–Crippen LogP) is 1.23. The van der Waals surface area contributed by atoms with E-state index in [1.165, 1.54) is 0 Å². The van der Waals surface area contributed by atoms with E-state index in [9.17, 15) is 0 Å². The Morgan fingerprint density at radius 1 is 1.80 bits per heavy atom. The summed E-state index contributed by atoms with van der Waals surface area (Å²) in [5, 5.41) is 6.15. The van der Waals surface area contributed by atoms with E-state index < -0.39 is 0 Å². The molecule has 0 aromatic carbocycles. The molecule has 0 fully saturated rings. The molecule has 0 saturated heterocycles. The third-order valence-corrected chi connectivity index (χ3v) is 0.144. The average Bonchev–Trinajstić information content (AvgIpc) is 1.37. The summed E-state index contributed by atoms with van der Waals surface area (Å²) in [6.45, 7) is 1.76. The second kappa shape index (κ2) is 9.27. The standard InChI is InChI=1S/C3H5N.ClH/c1-2-3-4;/h2,4H,1H3;1H. The van der Waals surface area contributed by atoms with Crippen molar-refractivity contribution in [2.24, 2.45) is 0 Å². The Morgan fingerprint density at radius 3 is 2.00 bits per heavy atom. The molecule has 0 bridgehead atoms. The van der Waals surface area contributed by atoms with E-state index in [1.807, 2.05) is 0 Å². The first-order valence-electron chi connectivity index (χ1n) is 1.12. The minimum Gasteiger partial charge on any atom is -0.259 e. The normalized spacial score (nSPS) is 3.40. The first-order chi connectivity index (χ1) is 1.91. The van der Waals surface area contributed by atoms with Gasteiger partial charge >= 0.3 is 0 Å². The van der Waals surface area contributed by atoms with E-state index in [0.29, 0.717) is 0 Å². The second-order valence-electron chi connectivity index (χ2n) is 0.433. The van der Waals surface area contributed by atoms with Crippen molar-refractivity contribution < 1.29 is 0 Å². The summed E-state index contributed by atoms with van der Waals surface area (Å²) in [7, 11) is 0. The van der Waals surface area contributed by atoms with Crippen molar-refractivity contribution in [1.82, 2.24) is 0 Å². The molecule has 2 heteroatoms. The van der Waals surface area contributed by atoms with Gasteiger partial charge in [0.2, 0.25) is 0 Å². The summed E-state index contributed by atoms with van der Waals surface area (Å²) < 4.78 is 0. The lowest BCUT2D eigenvalue weighted by Crippen LogP contribution is -1.30. The highest BCUT2D eigenvalue weighted by molar-refractivity contribution is 5.85. The molecule has 0 aromatic heterocycles. The maximum Gasteiger partial charge on any atom is -0.0265 e. The molecule has 0 atom stereocenters. The van der Waals surface area contributed by atoms with Crippen LogP contribution in [0.2, 0.25) is 0 Å². The summed E-state index contributed by atoms with van der Waals surface area (Å²) in [5.74, 6) is 2.06. The molecular weight excluding hydrogens is 85.5 g/mol. The maximum absolute atomic E-state index is 6.15. The molecule has 0 radical (unpaired) electrons. The van der Waals surface area contributed by atoms with E-state index in [4.69, 9.17) is 5.41 Å². The van der Waals surface area contributed by atoms with Gasteiger partial charge in [-0.25, -0.2) is 0 Å². The average molecular weight is 91.5 g/mol. The zero-order chi connectivity index (χ0) is 3.41. The van der Waals surface area contributed by atoms with Gasteiger partial charge in [-0.1, -0.05) is 0 Å². The van der Waals surface area contributed by atoms with Gasteiger partial charge in [-0.05, 0) is 18.9 Å². The molecule has 0 amide bonds. The van der Waals surface area contributed by atoms with Gasteiger partial charge in [-0.2, -0.15) is 0 Å². The number of hydrogen-bond donors (Lipinski definition) is 1. The van der Waals surface area contributed by atoms with Crippen LogP contribution in [0.5, 0.6) is 0 Å². The van der Waals surface area contributed by atoms with Gasteiger partial charge in [-0.3, -0.25) is 5.41 Å². The van der Waals surface area contributed by atoms with Gasteiger partial charge < -0.3 is 0 Å². The molecule has 0 spiro atoms. The SMILES string of the molecule is CC=C=N.Cl. The van der Waals surface area contributed by atoms with E-state index in [1.54, 1.807) is 13.0 Å². The lowest BCUT2D eigenvalue weighted by atomic mass is 10.8. The Morgan fingerprint density at radius 2 is 2.00 bits per heavy atom. The molecule has 0 saturated carbocycles. The molecule has 0 heterocycles. The maximum atomic E-state index is 6.15. The van der Waals surface area contributed by atoms with Crippen LogP contribution >= 0.6 is 12.4 Å². The highest BCUT2D eigenvalue weighted by Gasteiger charge is 1.26. The lowest BCUT2D eigenvalue weighted by Gasteiger charge is -1.36. The van der Waals surface area contributed by atoms with E-state index >= 15 is 0 Å². The summed E-state index contributed by atoms with van der Waals surface area (Å²) in [6.07, 6.45) is 1.54. The number of nitrogens with one attached hydrogen (secondary N) is 1. The van der Waals surface area contributed by atoms with Gasteiger partial charge in [0.05, 0.1) is 0 Å². The largest absolute Gasteiger partial charge is 0.259 e. The fraction of sp³-hybridized carbons (Fsp3) is 0.333. The molecule has 30 valence electrons. The monoisotopic (exact) mass is 91.0 g/mol. The minimum absolute atomic E-state index is 0. The third-order valence-electron chi connectivity index (χ3n) is 0.144. The van der Waals surface area contributed by atoms with Crippen molar-refractivity contribution in [2.45, 2.75) is 6.92 Å². The molecule has 0 aliphatic heterocycles. The quantitative estimate of drug-likeness (QED) is 0.434. The number of allylic oxidation sites excluding steroid dienone is 1. The fourth-order valence-corrected chi connectivity index (χ4v) is 0. The Kier molecular flexibility index (Phi) is 16.4. The van der Waals surface area contributed by atoms with E-state index in [0.717, 1.165) is 0 Å². The molecule has 1 nitrogen and oxygen atoms in total. The van der Waals surface area contributed by atoms with Crippen molar-refractivity contribution in [3.8, 4) is 0 Å². The Labute approximate surface area is 37.6 Å². The minimum atomic E-state index is 0. The van der Waals surface area contributed by atoms with Crippen molar-refractivity contribution in [2.75, 3.05) is 0 Å². The van der Waals surface area contributed by atoms with E-state index in [2.05, 4.69) is 5.87 Å². The first kappa shape index (κ1) is 8.83. The van der Waals surface area contributed by atoms with E-state index in [-0.39, 0.29) is 12.4 Å². The Bertz CT molecular complexity index is 44.9. The highest BCUT2D eigenvalue weighted by Crippen LogP contribution is 1.37. The first-order valence-corrected chi connectivity index (χ1v) is 1.12. The van der Waals surface area contributed by atoms with Crippen molar-refractivity contribution in [3.63, 3.8) is 0 Å². The van der Waals surface area contributed by atoms with Crippen LogP contribution in [0.15, 0.2) is 6.08 Å². The summed E-state index contributed by atoms with van der Waals surface area (Å²) in [6, 6.07) is 0. The van der Waals surface area contributed by atoms with Crippen molar-refractivity contribution in [3.05, 3.63) is 6.08 Å². The zero-order valence-corrected chi connectivity index (χ0v) is 3.80. The topological polar surface area (TPSA) is 23.9 Å². The Hall–Kier alpha value is -0.260. The molecule has 0 rings (SSSR count). The molecule has 0 aliphatic rings. The van der Waals surface area contributed by atoms with Crippen LogP contribution in [-0.2, 0) is 0 Å². The smallest absolute Gasteiger partial charge is 0.0265 e. The van der Waals surface area contributed by atoms with Gasteiger partial charge in [0.25, 0.3) is 0 Å². The van der Waals surface area contributed by atoms with Crippen LogP contribution in [0.25, 0.3) is 0 Å². The highest BCUT2D eigenvalue weighted by atomic mass is 35.5. The Balaban J connectivity index is 0.